The molecular formula is C14H8BrN3O3S2. The van der Waals surface area contributed by atoms with Crippen molar-refractivity contribution in [1.29, 1.82) is 0 Å². The van der Waals surface area contributed by atoms with Gasteiger partial charge in [-0.3, -0.25) is 20.0 Å². The molecule has 1 fully saturated rings. The number of thiocarbonyl (C=S) groups is 1. The standard InChI is InChI=1S/C14H8BrN3O3S2/c15-11-4-3-9(21-11)6-10-13(20)18(14(22)23-10)17-12(19)8-2-1-5-16-7-8/h1-7H,(H,17,19)/b10-6-. The number of nitrogens with zero attached hydrogens (tertiary/aromatic N) is 2. The van der Waals surface area contributed by atoms with Crippen molar-refractivity contribution >= 4 is 62.1 Å². The van der Waals surface area contributed by atoms with Crippen molar-refractivity contribution in [2.75, 3.05) is 0 Å². The minimum Gasteiger partial charge on any atom is -0.450 e. The molecule has 1 aliphatic heterocycles. The van der Waals surface area contributed by atoms with Gasteiger partial charge in [0.1, 0.15) is 5.76 Å². The fourth-order valence-electron chi connectivity index (χ4n) is 1.76. The molecule has 0 aliphatic carbocycles. The van der Waals surface area contributed by atoms with E-state index in [1.54, 1.807) is 36.5 Å². The predicted octanol–water partition coefficient (Wildman–Crippen LogP) is 2.98. The predicted molar refractivity (Wildman–Crippen MR) is 93.1 cm³/mol. The number of aromatic nitrogens is 1. The van der Waals surface area contributed by atoms with Crippen LogP contribution in [0.15, 0.2) is 50.7 Å². The number of carbonyl (C=O) groups excluding carboxylic acids is 2. The van der Waals surface area contributed by atoms with Crippen LogP contribution >= 0.6 is 39.9 Å². The Balaban J connectivity index is 1.77. The third-order valence-electron chi connectivity index (χ3n) is 2.80. The molecule has 0 bridgehead atoms. The van der Waals surface area contributed by atoms with Gasteiger partial charge in [-0.05, 0) is 52.4 Å². The molecule has 1 N–H and O–H groups in total. The second kappa shape index (κ2) is 6.65. The Kier molecular flexibility index (Phi) is 4.60. The molecule has 6 nitrogen and oxygen atoms in total. The molecule has 1 aliphatic rings. The maximum atomic E-state index is 12.4. The van der Waals surface area contributed by atoms with Gasteiger partial charge in [-0.2, -0.15) is 5.01 Å². The summed E-state index contributed by atoms with van der Waals surface area (Å²) in [6.07, 6.45) is 4.53. The van der Waals surface area contributed by atoms with Crippen LogP contribution in [0.4, 0.5) is 0 Å². The van der Waals surface area contributed by atoms with Gasteiger partial charge >= 0.3 is 0 Å². The molecule has 0 radical (unpaired) electrons. The Morgan fingerprint density at radius 1 is 1.43 bits per heavy atom. The number of carbonyl (C=O) groups is 2. The van der Waals surface area contributed by atoms with Crippen LogP contribution in [0.1, 0.15) is 16.1 Å². The highest BCUT2D eigenvalue weighted by Gasteiger charge is 2.34. The number of hydrogen-bond acceptors (Lipinski definition) is 6. The van der Waals surface area contributed by atoms with E-state index in [0.29, 0.717) is 20.9 Å². The fourth-order valence-corrected chi connectivity index (χ4v) is 3.24. The van der Waals surface area contributed by atoms with E-state index < -0.39 is 11.8 Å². The lowest BCUT2D eigenvalue weighted by Gasteiger charge is -2.15. The third-order valence-corrected chi connectivity index (χ3v) is 4.53. The number of thioether (sulfide) groups is 1. The van der Waals surface area contributed by atoms with E-state index in [-0.39, 0.29) is 4.32 Å². The molecule has 0 unspecified atom stereocenters. The maximum absolute atomic E-state index is 12.4. The van der Waals surface area contributed by atoms with Gasteiger partial charge in [0.15, 0.2) is 8.99 Å². The van der Waals surface area contributed by atoms with Crippen LogP contribution in [-0.2, 0) is 4.79 Å². The minimum atomic E-state index is -0.462. The van der Waals surface area contributed by atoms with E-state index in [1.165, 1.54) is 6.20 Å². The molecule has 9 heteroatoms. The molecule has 0 atom stereocenters. The van der Waals surface area contributed by atoms with Crippen LogP contribution in [0.5, 0.6) is 0 Å². The first kappa shape index (κ1) is 15.9. The SMILES string of the molecule is O=C(NN1C(=O)/C(=C/c2ccc(Br)o2)SC1=S)c1cccnc1. The molecule has 0 saturated carbocycles. The van der Waals surface area contributed by atoms with Crippen molar-refractivity contribution in [3.05, 3.63) is 57.6 Å². The molecule has 0 spiro atoms. The van der Waals surface area contributed by atoms with Crippen LogP contribution in [0.25, 0.3) is 6.08 Å². The quantitative estimate of drug-likeness (QED) is 0.620. The molecule has 3 heterocycles. The number of halogens is 1. The number of furan rings is 1. The molecule has 0 aromatic carbocycles. The topological polar surface area (TPSA) is 75.4 Å². The van der Waals surface area contributed by atoms with Gasteiger partial charge in [-0.1, -0.05) is 11.8 Å². The first-order chi connectivity index (χ1) is 11.0. The maximum Gasteiger partial charge on any atom is 0.285 e. The van der Waals surface area contributed by atoms with E-state index >= 15 is 0 Å². The van der Waals surface area contributed by atoms with Crippen molar-refractivity contribution < 1.29 is 14.0 Å². The number of rotatable bonds is 3. The third kappa shape index (κ3) is 3.52. The molecule has 2 amide bonds. The summed E-state index contributed by atoms with van der Waals surface area (Å²) in [5.74, 6) is -0.364. The van der Waals surface area contributed by atoms with Crippen molar-refractivity contribution in [3.63, 3.8) is 0 Å². The second-order valence-corrected chi connectivity index (χ2v) is 6.80. The Morgan fingerprint density at radius 3 is 2.91 bits per heavy atom. The summed E-state index contributed by atoms with van der Waals surface area (Å²) < 4.78 is 6.13. The van der Waals surface area contributed by atoms with E-state index in [0.717, 1.165) is 16.8 Å². The Bertz CT molecular complexity index is 820. The molecular weight excluding hydrogens is 402 g/mol. The zero-order valence-corrected chi connectivity index (χ0v) is 14.6. The highest BCUT2D eigenvalue weighted by atomic mass is 79.9. The van der Waals surface area contributed by atoms with E-state index in [2.05, 4.69) is 26.3 Å². The minimum absolute atomic E-state index is 0.240. The number of hydrogen-bond donors (Lipinski definition) is 1. The van der Waals surface area contributed by atoms with Crippen LogP contribution < -0.4 is 5.43 Å². The number of nitrogens with one attached hydrogen (secondary N) is 1. The Labute approximate surface area is 149 Å². The molecule has 1 saturated heterocycles. The molecule has 23 heavy (non-hydrogen) atoms. The number of amides is 2. The average molecular weight is 410 g/mol. The first-order valence-electron chi connectivity index (χ1n) is 6.29. The smallest absolute Gasteiger partial charge is 0.285 e. The second-order valence-electron chi connectivity index (χ2n) is 4.34. The molecule has 2 aromatic heterocycles. The molecule has 2 aromatic rings. The van der Waals surface area contributed by atoms with Crippen LogP contribution in [-0.4, -0.2) is 26.1 Å². The molecule has 3 rings (SSSR count). The summed E-state index contributed by atoms with van der Waals surface area (Å²) in [6, 6.07) is 6.66. The fraction of sp³-hybridized carbons (Fsp3) is 0. The van der Waals surface area contributed by atoms with Gasteiger partial charge in [0, 0.05) is 18.5 Å². The van der Waals surface area contributed by atoms with E-state index in [1.807, 2.05) is 0 Å². The van der Waals surface area contributed by atoms with Crippen molar-refractivity contribution in [1.82, 2.24) is 15.4 Å². The van der Waals surface area contributed by atoms with Crippen molar-refractivity contribution in [2.24, 2.45) is 0 Å². The van der Waals surface area contributed by atoms with E-state index in [9.17, 15) is 9.59 Å². The summed E-state index contributed by atoms with van der Waals surface area (Å²) in [5, 5.41) is 1.04. The van der Waals surface area contributed by atoms with Crippen LogP contribution in [0, 0.1) is 0 Å². The summed E-state index contributed by atoms with van der Waals surface area (Å²) in [6.45, 7) is 0. The Morgan fingerprint density at radius 2 is 2.26 bits per heavy atom. The van der Waals surface area contributed by atoms with Gasteiger partial charge in [-0.25, -0.2) is 0 Å². The zero-order valence-electron chi connectivity index (χ0n) is 11.4. The normalized spacial score (nSPS) is 16.2. The van der Waals surface area contributed by atoms with Gasteiger partial charge in [0.2, 0.25) is 0 Å². The van der Waals surface area contributed by atoms with Gasteiger partial charge in [0.05, 0.1) is 10.5 Å². The summed E-state index contributed by atoms with van der Waals surface area (Å²) >= 11 is 9.42. The van der Waals surface area contributed by atoms with Gasteiger partial charge in [-0.15, -0.1) is 0 Å². The summed E-state index contributed by atoms with van der Waals surface area (Å²) in [4.78, 5) is 28.7. The molecule has 116 valence electrons. The zero-order chi connectivity index (χ0) is 16.4. The summed E-state index contributed by atoms with van der Waals surface area (Å²) in [7, 11) is 0. The lowest BCUT2D eigenvalue weighted by Crippen LogP contribution is -2.44. The van der Waals surface area contributed by atoms with Gasteiger partial charge in [0.25, 0.3) is 11.8 Å². The monoisotopic (exact) mass is 409 g/mol. The average Bonchev–Trinajstić information content (AvgIpc) is 3.07. The van der Waals surface area contributed by atoms with Crippen molar-refractivity contribution in [3.8, 4) is 0 Å². The highest BCUT2D eigenvalue weighted by molar-refractivity contribution is 9.10. The number of hydrazine groups is 1. The lowest BCUT2D eigenvalue weighted by atomic mass is 10.3. The van der Waals surface area contributed by atoms with Crippen molar-refractivity contribution in [2.45, 2.75) is 0 Å². The lowest BCUT2D eigenvalue weighted by molar-refractivity contribution is -0.123. The van der Waals surface area contributed by atoms with Gasteiger partial charge < -0.3 is 4.42 Å². The first-order valence-corrected chi connectivity index (χ1v) is 8.30. The van der Waals surface area contributed by atoms with Crippen LogP contribution in [0.2, 0.25) is 0 Å². The number of pyridine rings is 1. The largest absolute Gasteiger partial charge is 0.450 e. The highest BCUT2D eigenvalue weighted by Crippen LogP contribution is 2.32. The Hall–Kier alpha value is -1.97. The van der Waals surface area contributed by atoms with Crippen LogP contribution in [0.3, 0.4) is 0 Å². The van der Waals surface area contributed by atoms with E-state index in [4.69, 9.17) is 16.6 Å². The summed E-state index contributed by atoms with van der Waals surface area (Å²) in [5.41, 5.74) is 2.81.